The Labute approximate surface area is 265 Å². The zero-order chi connectivity index (χ0) is 32.4. The maximum absolute atomic E-state index is 15.4. The highest BCUT2D eigenvalue weighted by Crippen LogP contribution is 2.50. The molecule has 0 N–H and O–H groups in total. The topological polar surface area (TPSA) is 89.2 Å². The molecule has 1 amide bonds. The zero-order valence-electron chi connectivity index (χ0n) is 23.9. The molecule has 2 aromatic carbocycles. The monoisotopic (exact) mass is 709 g/mol. The highest BCUT2D eigenvalue weighted by atomic mass is 79.9. The molecule has 0 aliphatic carbocycles. The summed E-state index contributed by atoms with van der Waals surface area (Å²) in [6.07, 6.45) is -0.748. The van der Waals surface area contributed by atoms with Crippen molar-refractivity contribution in [2.75, 3.05) is 23.7 Å². The standard InChI is InChI=1S/C29H25BrF5N7O2S/c1-4-23(43)42-14(2)10-39(11-15(42)3)27-18-7-19(29(33,34)35)24(17-8-20(30)22(32)9-21(17)31)26-25(18)40(28(44)37-27)12-16(13-45-26)41-6-5-36-38-41/h4-9,14-16H,1,10-13H2,2-3H3/t14-,15+,16?. The van der Waals surface area contributed by atoms with Crippen LogP contribution in [0.4, 0.5) is 27.8 Å². The summed E-state index contributed by atoms with van der Waals surface area (Å²) in [5.41, 5.74) is -2.72. The Kier molecular flexibility index (Phi) is 8.00. The molecule has 4 aromatic rings. The van der Waals surface area contributed by atoms with Gasteiger partial charge in [-0.3, -0.25) is 9.36 Å². The van der Waals surface area contributed by atoms with Crippen LogP contribution in [0.3, 0.4) is 0 Å². The molecule has 2 aliphatic heterocycles. The minimum Gasteiger partial charge on any atom is -0.352 e. The lowest BCUT2D eigenvalue weighted by molar-refractivity contribution is -0.137. The Morgan fingerprint density at radius 2 is 1.82 bits per heavy atom. The lowest BCUT2D eigenvalue weighted by Gasteiger charge is -2.44. The van der Waals surface area contributed by atoms with Gasteiger partial charge in [0.1, 0.15) is 17.5 Å². The minimum atomic E-state index is -4.97. The largest absolute Gasteiger partial charge is 0.417 e. The van der Waals surface area contributed by atoms with E-state index in [4.69, 9.17) is 0 Å². The summed E-state index contributed by atoms with van der Waals surface area (Å²) in [7, 11) is 0. The van der Waals surface area contributed by atoms with Crippen molar-refractivity contribution in [1.29, 1.82) is 0 Å². The van der Waals surface area contributed by atoms with E-state index in [1.54, 1.807) is 29.8 Å². The molecule has 0 spiro atoms. The molecule has 3 atom stereocenters. The third-order valence-electron chi connectivity index (χ3n) is 8.06. The van der Waals surface area contributed by atoms with Gasteiger partial charge in [-0.15, -0.1) is 16.9 Å². The molecule has 2 aliphatic rings. The molecule has 2 aromatic heterocycles. The Morgan fingerprint density at radius 3 is 2.44 bits per heavy atom. The number of carbonyl (C=O) groups excluding carboxylic acids is 1. The van der Waals surface area contributed by atoms with Crippen molar-refractivity contribution in [2.24, 2.45) is 0 Å². The number of aromatic nitrogens is 5. The fourth-order valence-corrected chi connectivity index (χ4v) is 7.88. The predicted octanol–water partition coefficient (Wildman–Crippen LogP) is 5.67. The van der Waals surface area contributed by atoms with Gasteiger partial charge in [-0.25, -0.2) is 18.3 Å². The third kappa shape index (κ3) is 5.41. The maximum Gasteiger partial charge on any atom is 0.417 e. The van der Waals surface area contributed by atoms with Crippen molar-refractivity contribution in [1.82, 2.24) is 29.4 Å². The number of carbonyl (C=O) groups is 1. The molecular formula is C29H25BrF5N7O2S. The molecule has 0 saturated carbocycles. The second kappa shape index (κ2) is 11.5. The summed E-state index contributed by atoms with van der Waals surface area (Å²) in [4.78, 5) is 34.0. The molecule has 45 heavy (non-hydrogen) atoms. The molecule has 1 fully saturated rings. The van der Waals surface area contributed by atoms with Gasteiger partial charge in [0.15, 0.2) is 0 Å². The molecule has 1 unspecified atom stereocenters. The Hall–Kier alpha value is -3.79. The molecular weight excluding hydrogens is 685 g/mol. The van der Waals surface area contributed by atoms with E-state index in [0.717, 1.165) is 23.9 Å². The highest BCUT2D eigenvalue weighted by molar-refractivity contribution is 9.10. The van der Waals surface area contributed by atoms with Crippen LogP contribution in [0.25, 0.3) is 22.0 Å². The van der Waals surface area contributed by atoms with Crippen LogP contribution in [0.15, 0.2) is 57.4 Å². The number of hydrogen-bond donors (Lipinski definition) is 0. The first-order valence-corrected chi connectivity index (χ1v) is 15.6. The van der Waals surface area contributed by atoms with Gasteiger partial charge in [-0.2, -0.15) is 18.2 Å². The van der Waals surface area contributed by atoms with E-state index in [1.807, 2.05) is 0 Å². The summed E-state index contributed by atoms with van der Waals surface area (Å²) in [6.45, 7) is 7.50. The molecule has 16 heteroatoms. The van der Waals surface area contributed by atoms with E-state index in [0.29, 0.717) is 6.07 Å². The molecule has 6 rings (SSSR count). The number of hydrogen-bond acceptors (Lipinski definition) is 7. The van der Waals surface area contributed by atoms with Crippen molar-refractivity contribution in [3.8, 4) is 11.1 Å². The van der Waals surface area contributed by atoms with Crippen molar-refractivity contribution in [2.45, 2.75) is 49.6 Å². The molecule has 236 valence electrons. The Bertz CT molecular complexity index is 1890. The van der Waals surface area contributed by atoms with E-state index < -0.39 is 46.2 Å². The van der Waals surface area contributed by atoms with Crippen LogP contribution in [0.5, 0.6) is 0 Å². The number of amides is 1. The van der Waals surface area contributed by atoms with Crippen LogP contribution in [-0.4, -0.2) is 66.3 Å². The minimum absolute atomic E-state index is 0.000786. The summed E-state index contributed by atoms with van der Waals surface area (Å²) >= 11 is 4.00. The number of rotatable bonds is 4. The maximum atomic E-state index is 15.4. The normalized spacial score (nSPS) is 20.4. The first kappa shape index (κ1) is 31.2. The SMILES string of the molecule is C=CC(=O)N1[C@H](C)CN(c2nc(=O)n3c4c(c(-c5cc(Br)c(F)cc5F)c(C(F)(F)F)cc24)SCC(n2ccnn2)C3)C[C@@H]1C. The number of halogens is 6. The van der Waals surface area contributed by atoms with Crippen molar-refractivity contribution in [3.63, 3.8) is 0 Å². The van der Waals surface area contributed by atoms with Gasteiger partial charge in [0.25, 0.3) is 0 Å². The van der Waals surface area contributed by atoms with Crippen LogP contribution in [-0.2, 0) is 17.5 Å². The molecule has 0 radical (unpaired) electrons. The van der Waals surface area contributed by atoms with Gasteiger partial charge in [0, 0.05) is 64.6 Å². The van der Waals surface area contributed by atoms with Gasteiger partial charge in [0.2, 0.25) is 5.91 Å². The zero-order valence-corrected chi connectivity index (χ0v) is 26.3. The van der Waals surface area contributed by atoms with Crippen LogP contribution >= 0.6 is 27.7 Å². The Balaban J connectivity index is 1.66. The van der Waals surface area contributed by atoms with Gasteiger partial charge in [-0.05, 0) is 48.0 Å². The number of anilines is 1. The van der Waals surface area contributed by atoms with Crippen LogP contribution < -0.4 is 10.6 Å². The van der Waals surface area contributed by atoms with Crippen LogP contribution in [0.2, 0.25) is 0 Å². The summed E-state index contributed by atoms with van der Waals surface area (Å²) in [5.74, 6) is -2.28. The molecule has 9 nitrogen and oxygen atoms in total. The van der Waals surface area contributed by atoms with E-state index in [-0.39, 0.29) is 69.5 Å². The lowest BCUT2D eigenvalue weighted by Crippen LogP contribution is -2.58. The first-order valence-electron chi connectivity index (χ1n) is 13.8. The number of benzene rings is 2. The van der Waals surface area contributed by atoms with Crippen molar-refractivity contribution < 1.29 is 26.7 Å². The molecule has 0 bridgehead atoms. The predicted molar refractivity (Wildman–Crippen MR) is 162 cm³/mol. The summed E-state index contributed by atoms with van der Waals surface area (Å²) in [6, 6.07) is 1.10. The highest BCUT2D eigenvalue weighted by Gasteiger charge is 2.40. The van der Waals surface area contributed by atoms with E-state index >= 15 is 4.39 Å². The van der Waals surface area contributed by atoms with Crippen molar-refractivity contribution in [3.05, 3.63) is 75.4 Å². The van der Waals surface area contributed by atoms with Crippen LogP contribution in [0.1, 0.15) is 25.5 Å². The quantitative estimate of drug-likeness (QED) is 0.153. The fourth-order valence-electron chi connectivity index (χ4n) is 6.20. The number of alkyl halides is 3. The van der Waals surface area contributed by atoms with E-state index in [9.17, 15) is 27.2 Å². The van der Waals surface area contributed by atoms with E-state index in [1.165, 1.54) is 21.5 Å². The fraction of sp³-hybridized carbons (Fsp3) is 0.345. The number of thioether (sulfide) groups is 1. The van der Waals surface area contributed by atoms with Crippen LogP contribution in [0, 0.1) is 11.6 Å². The Morgan fingerprint density at radius 1 is 1.11 bits per heavy atom. The van der Waals surface area contributed by atoms with E-state index in [2.05, 4.69) is 37.8 Å². The molecule has 1 saturated heterocycles. The molecule has 4 heterocycles. The average Bonchev–Trinajstić information content (AvgIpc) is 3.43. The number of piperazine rings is 1. The third-order valence-corrected chi connectivity index (χ3v) is 9.90. The summed E-state index contributed by atoms with van der Waals surface area (Å²) in [5, 5.41) is 7.89. The van der Waals surface area contributed by atoms with Gasteiger partial charge in [-0.1, -0.05) is 11.8 Å². The summed E-state index contributed by atoms with van der Waals surface area (Å²) < 4.78 is 77.1. The van der Waals surface area contributed by atoms with Gasteiger partial charge < -0.3 is 9.80 Å². The lowest BCUT2D eigenvalue weighted by atomic mass is 9.95. The average molecular weight is 711 g/mol. The second-order valence-corrected chi connectivity index (χ2v) is 12.9. The van der Waals surface area contributed by atoms with Crippen molar-refractivity contribution >= 4 is 50.3 Å². The number of nitrogens with zero attached hydrogens (tertiary/aromatic N) is 7. The second-order valence-electron chi connectivity index (χ2n) is 11.0. The van der Waals surface area contributed by atoms with Gasteiger partial charge in [0.05, 0.1) is 34.3 Å². The first-order chi connectivity index (χ1) is 21.3. The van der Waals surface area contributed by atoms with Gasteiger partial charge >= 0.3 is 11.9 Å². The smallest absolute Gasteiger partial charge is 0.352 e.